The molecule has 120 valence electrons. The van der Waals surface area contributed by atoms with Crippen molar-refractivity contribution in [2.45, 2.75) is 24.6 Å². The molecule has 2 heterocycles. The summed E-state index contributed by atoms with van der Waals surface area (Å²) in [5, 5.41) is 10.0. The van der Waals surface area contributed by atoms with E-state index in [0.717, 1.165) is 17.2 Å². The van der Waals surface area contributed by atoms with Crippen LogP contribution in [0.2, 0.25) is 0 Å². The quantitative estimate of drug-likeness (QED) is 0.832. The van der Waals surface area contributed by atoms with Crippen LogP contribution >= 0.6 is 0 Å². The number of likely N-dealkylation sites (tertiary alicyclic amines) is 1. The third-order valence-electron chi connectivity index (χ3n) is 3.57. The maximum Gasteiger partial charge on any atom is 0.418 e. The number of aromatic nitrogens is 1. The molecule has 3 N–H and O–H groups in total. The highest BCUT2D eigenvalue weighted by Gasteiger charge is 2.42. The van der Waals surface area contributed by atoms with E-state index in [1.54, 1.807) is 0 Å². The fraction of sp³-hybridized carbons (Fsp3) is 0.462. The lowest BCUT2D eigenvalue weighted by Gasteiger charge is -2.37. The fourth-order valence-corrected chi connectivity index (χ4v) is 2.39. The lowest BCUT2D eigenvalue weighted by Crippen LogP contribution is -2.57. The maximum atomic E-state index is 12.9. The SMILES string of the molecule is NC(=O)[C@@]1(O)CCCN(C(=O)c2ccncc2C(F)(F)F)C1. The van der Waals surface area contributed by atoms with Crippen molar-refractivity contribution >= 4 is 11.8 Å². The average Bonchev–Trinajstić information content (AvgIpc) is 2.45. The molecule has 6 nitrogen and oxygen atoms in total. The molecule has 0 aliphatic carbocycles. The molecule has 0 spiro atoms. The number of amides is 2. The third-order valence-corrected chi connectivity index (χ3v) is 3.57. The van der Waals surface area contributed by atoms with Crippen LogP contribution in [0.1, 0.15) is 28.8 Å². The van der Waals surface area contributed by atoms with E-state index in [2.05, 4.69) is 4.98 Å². The molecule has 1 aliphatic rings. The van der Waals surface area contributed by atoms with Gasteiger partial charge in [0.25, 0.3) is 11.8 Å². The van der Waals surface area contributed by atoms with Crippen LogP contribution < -0.4 is 5.73 Å². The van der Waals surface area contributed by atoms with E-state index in [1.165, 1.54) is 0 Å². The number of hydrogen-bond acceptors (Lipinski definition) is 4. The van der Waals surface area contributed by atoms with Gasteiger partial charge in [-0.15, -0.1) is 0 Å². The Kier molecular flexibility index (Phi) is 4.10. The number of β-amino-alcohol motifs (C(OH)–C–C–N with tert-alkyl or cyclic N) is 1. The van der Waals surface area contributed by atoms with E-state index in [-0.39, 0.29) is 19.4 Å². The number of rotatable bonds is 2. The van der Waals surface area contributed by atoms with Gasteiger partial charge in [-0.3, -0.25) is 14.6 Å². The van der Waals surface area contributed by atoms with Crippen LogP contribution in [0.5, 0.6) is 0 Å². The van der Waals surface area contributed by atoms with Gasteiger partial charge >= 0.3 is 6.18 Å². The molecule has 2 rings (SSSR count). The Morgan fingerprint density at radius 2 is 2.09 bits per heavy atom. The minimum Gasteiger partial charge on any atom is -0.378 e. The zero-order chi connectivity index (χ0) is 16.5. The molecule has 0 aromatic carbocycles. The molecule has 0 saturated carbocycles. The second-order valence-corrected chi connectivity index (χ2v) is 5.15. The summed E-state index contributed by atoms with van der Waals surface area (Å²) in [6.45, 7) is -0.297. The Hall–Kier alpha value is -2.16. The molecule has 22 heavy (non-hydrogen) atoms. The highest BCUT2D eigenvalue weighted by molar-refractivity contribution is 5.96. The molecule has 0 unspecified atom stereocenters. The zero-order valence-electron chi connectivity index (χ0n) is 11.4. The number of carbonyl (C=O) groups excluding carboxylic acids is 2. The van der Waals surface area contributed by atoms with Crippen LogP contribution in [-0.2, 0) is 11.0 Å². The Labute approximate surface area is 123 Å². The minimum atomic E-state index is -4.73. The Morgan fingerprint density at radius 3 is 2.68 bits per heavy atom. The van der Waals surface area contributed by atoms with Crippen LogP contribution in [0.15, 0.2) is 18.5 Å². The number of halogens is 3. The monoisotopic (exact) mass is 317 g/mol. The normalized spacial score (nSPS) is 22.5. The molecule has 0 radical (unpaired) electrons. The van der Waals surface area contributed by atoms with Crippen molar-refractivity contribution in [1.29, 1.82) is 0 Å². The standard InChI is InChI=1S/C13H14F3N3O3/c14-13(15,16)9-6-18-4-2-8(9)10(20)19-5-1-3-12(22,7-19)11(17)21/h2,4,6,22H,1,3,5,7H2,(H2,17,21)/t12-/m1/s1. The zero-order valence-corrected chi connectivity index (χ0v) is 11.4. The molecule has 1 atom stereocenters. The summed E-state index contributed by atoms with van der Waals surface area (Å²) in [6.07, 6.45) is -2.76. The predicted molar refractivity (Wildman–Crippen MR) is 68.5 cm³/mol. The highest BCUT2D eigenvalue weighted by Crippen LogP contribution is 2.32. The van der Waals surface area contributed by atoms with Crippen molar-refractivity contribution in [1.82, 2.24) is 9.88 Å². The van der Waals surface area contributed by atoms with Gasteiger partial charge in [0.05, 0.1) is 17.7 Å². The largest absolute Gasteiger partial charge is 0.418 e. The van der Waals surface area contributed by atoms with Crippen molar-refractivity contribution in [3.8, 4) is 0 Å². The molecular formula is C13H14F3N3O3. The molecule has 1 aromatic heterocycles. The van der Waals surface area contributed by atoms with Crippen LogP contribution in [-0.4, -0.2) is 45.5 Å². The summed E-state index contributed by atoms with van der Waals surface area (Å²) >= 11 is 0. The van der Waals surface area contributed by atoms with Gasteiger partial charge in [0.2, 0.25) is 0 Å². The fourth-order valence-electron chi connectivity index (χ4n) is 2.39. The van der Waals surface area contributed by atoms with Crippen LogP contribution in [0, 0.1) is 0 Å². The van der Waals surface area contributed by atoms with Crippen LogP contribution in [0.4, 0.5) is 13.2 Å². The molecule has 1 aliphatic heterocycles. The average molecular weight is 317 g/mol. The van der Waals surface area contributed by atoms with Gasteiger partial charge in [-0.1, -0.05) is 0 Å². The summed E-state index contributed by atoms with van der Waals surface area (Å²) in [7, 11) is 0. The van der Waals surface area contributed by atoms with Gasteiger partial charge in [0.1, 0.15) is 0 Å². The van der Waals surface area contributed by atoms with Gasteiger partial charge in [0.15, 0.2) is 5.60 Å². The van der Waals surface area contributed by atoms with Crippen molar-refractivity contribution in [2.75, 3.05) is 13.1 Å². The maximum absolute atomic E-state index is 12.9. The molecule has 1 fully saturated rings. The summed E-state index contributed by atoms with van der Waals surface area (Å²) in [5.41, 5.74) is 1.44. The third kappa shape index (κ3) is 3.03. The molecule has 2 amide bonds. The first-order valence-corrected chi connectivity index (χ1v) is 6.48. The van der Waals surface area contributed by atoms with E-state index in [1.807, 2.05) is 0 Å². The van der Waals surface area contributed by atoms with Gasteiger partial charge in [-0.25, -0.2) is 0 Å². The van der Waals surface area contributed by atoms with E-state index in [0.29, 0.717) is 6.20 Å². The van der Waals surface area contributed by atoms with Crippen molar-refractivity contribution in [3.63, 3.8) is 0 Å². The first-order chi connectivity index (χ1) is 10.1. The second kappa shape index (κ2) is 5.56. The number of piperidine rings is 1. The van der Waals surface area contributed by atoms with Gasteiger partial charge in [-0.2, -0.15) is 13.2 Å². The minimum absolute atomic E-state index is 0.0641. The van der Waals surface area contributed by atoms with E-state index in [9.17, 15) is 27.9 Å². The van der Waals surface area contributed by atoms with Crippen molar-refractivity contribution in [2.24, 2.45) is 5.73 Å². The molecular weight excluding hydrogens is 303 g/mol. The Balaban J connectivity index is 2.31. The summed E-state index contributed by atoms with van der Waals surface area (Å²) in [6, 6.07) is 0.961. The first-order valence-electron chi connectivity index (χ1n) is 6.48. The second-order valence-electron chi connectivity index (χ2n) is 5.15. The van der Waals surface area contributed by atoms with Gasteiger partial charge in [0, 0.05) is 18.9 Å². The Morgan fingerprint density at radius 1 is 1.41 bits per heavy atom. The first kappa shape index (κ1) is 16.2. The van der Waals surface area contributed by atoms with E-state index >= 15 is 0 Å². The summed E-state index contributed by atoms with van der Waals surface area (Å²) < 4.78 is 38.8. The number of nitrogens with two attached hydrogens (primary N) is 1. The number of alkyl halides is 3. The Bertz CT molecular complexity index is 606. The lowest BCUT2D eigenvalue weighted by molar-refractivity contribution is -0.141. The van der Waals surface area contributed by atoms with E-state index in [4.69, 9.17) is 5.73 Å². The number of primary amides is 1. The lowest BCUT2D eigenvalue weighted by atomic mass is 9.91. The summed E-state index contributed by atoms with van der Waals surface area (Å²) in [5.74, 6) is -1.93. The summed E-state index contributed by atoms with van der Waals surface area (Å²) in [4.78, 5) is 27.9. The highest BCUT2D eigenvalue weighted by atomic mass is 19.4. The predicted octanol–water partition coefficient (Wildman–Crippen LogP) is 0.553. The molecule has 9 heteroatoms. The molecule has 1 aromatic rings. The molecule has 1 saturated heterocycles. The van der Waals surface area contributed by atoms with Crippen molar-refractivity contribution < 1.29 is 27.9 Å². The van der Waals surface area contributed by atoms with Crippen LogP contribution in [0.25, 0.3) is 0 Å². The number of aliphatic hydroxyl groups is 1. The van der Waals surface area contributed by atoms with Gasteiger partial charge < -0.3 is 15.7 Å². The number of pyridine rings is 1. The number of nitrogens with zero attached hydrogens (tertiary/aromatic N) is 2. The number of hydrogen-bond donors (Lipinski definition) is 2. The molecule has 0 bridgehead atoms. The van der Waals surface area contributed by atoms with E-state index < -0.39 is 41.3 Å². The topological polar surface area (TPSA) is 96.5 Å². The van der Waals surface area contributed by atoms with Gasteiger partial charge in [-0.05, 0) is 18.9 Å². The number of carbonyl (C=O) groups is 2. The van der Waals surface area contributed by atoms with Crippen molar-refractivity contribution in [3.05, 3.63) is 29.6 Å². The smallest absolute Gasteiger partial charge is 0.378 e. The van der Waals surface area contributed by atoms with Crippen LogP contribution in [0.3, 0.4) is 0 Å².